The van der Waals surface area contributed by atoms with Gasteiger partial charge < -0.3 is 28.9 Å². The van der Waals surface area contributed by atoms with E-state index in [1.165, 1.54) is 6.07 Å². The Kier molecular flexibility index (Phi) is 7.14. The van der Waals surface area contributed by atoms with Gasteiger partial charge in [0.1, 0.15) is 25.0 Å². The number of rotatable bonds is 5. The van der Waals surface area contributed by atoms with Gasteiger partial charge in [-0.2, -0.15) is 0 Å². The zero-order chi connectivity index (χ0) is 30.9. The highest BCUT2D eigenvalue weighted by atomic mass is 31.2. The van der Waals surface area contributed by atoms with Crippen LogP contribution >= 0.6 is 7.14 Å². The van der Waals surface area contributed by atoms with Gasteiger partial charge in [-0.05, 0) is 11.1 Å². The maximum Gasteiger partial charge on any atom is 0.194 e. The highest BCUT2D eigenvalue weighted by Crippen LogP contribution is 2.65. The SMILES string of the molecule is CC(C)(C)P(=O)(c1ccc(-c2ccc(-c3nc4cc(O[C@@H]5CO[C@@H]6[C@H](O)CO[C@@]65N)[nH]c4cc3F)cc2)cc1)C(C)(C)C. The molecule has 0 bridgehead atoms. The number of nitrogens with one attached hydrogen (secondary N) is 1. The number of H-pyrrole nitrogens is 1. The molecule has 2 aliphatic rings. The van der Waals surface area contributed by atoms with Crippen LogP contribution in [0.2, 0.25) is 0 Å². The van der Waals surface area contributed by atoms with Gasteiger partial charge >= 0.3 is 0 Å². The molecule has 2 saturated heterocycles. The van der Waals surface area contributed by atoms with E-state index in [2.05, 4.69) is 9.97 Å². The first-order valence-electron chi connectivity index (χ1n) is 14.5. The molecular formula is C33H39FN3O5P. The fourth-order valence-electron chi connectivity index (χ4n) is 6.56. The number of aromatic amines is 1. The fraction of sp³-hybridized carbons (Fsp3) is 0.424. The van der Waals surface area contributed by atoms with Crippen LogP contribution in [-0.2, 0) is 14.0 Å². The minimum atomic E-state index is -2.73. The Hall–Kier alpha value is -3.07. The van der Waals surface area contributed by atoms with Crippen molar-refractivity contribution in [1.29, 1.82) is 0 Å². The molecule has 228 valence electrons. The van der Waals surface area contributed by atoms with Gasteiger partial charge in [-0.15, -0.1) is 0 Å². The summed E-state index contributed by atoms with van der Waals surface area (Å²) in [6.07, 6.45) is -2.13. The third-order valence-corrected chi connectivity index (χ3v) is 13.4. The van der Waals surface area contributed by atoms with Gasteiger partial charge in [0, 0.05) is 33.3 Å². The molecule has 43 heavy (non-hydrogen) atoms. The Morgan fingerprint density at radius 2 is 1.56 bits per heavy atom. The molecule has 0 aliphatic carbocycles. The molecule has 2 aliphatic heterocycles. The maximum absolute atomic E-state index is 15.2. The summed E-state index contributed by atoms with van der Waals surface area (Å²) in [6, 6.07) is 18.6. The minimum Gasteiger partial charge on any atom is -0.468 e. The summed E-state index contributed by atoms with van der Waals surface area (Å²) in [5.74, 6) is -0.121. The molecule has 0 amide bonds. The molecule has 2 aromatic carbocycles. The number of aromatic nitrogens is 2. The molecule has 4 aromatic rings. The highest BCUT2D eigenvalue weighted by molar-refractivity contribution is 7.74. The largest absolute Gasteiger partial charge is 0.468 e. The first-order chi connectivity index (χ1) is 20.1. The van der Waals surface area contributed by atoms with Gasteiger partial charge in [0.25, 0.3) is 0 Å². The smallest absolute Gasteiger partial charge is 0.194 e. The van der Waals surface area contributed by atoms with E-state index in [1.807, 2.05) is 90.1 Å². The first kappa shape index (κ1) is 30.0. The van der Waals surface area contributed by atoms with Crippen molar-refractivity contribution in [3.8, 4) is 28.3 Å². The number of aliphatic hydroxyl groups excluding tert-OH is 1. The summed E-state index contributed by atoms with van der Waals surface area (Å²) >= 11 is 0. The second-order valence-corrected chi connectivity index (χ2v) is 18.0. The number of hydrogen-bond acceptors (Lipinski definition) is 7. The molecule has 6 rings (SSSR count). The van der Waals surface area contributed by atoms with Crippen molar-refractivity contribution < 1.29 is 28.3 Å². The second-order valence-electron chi connectivity index (χ2n) is 13.6. The average Bonchev–Trinajstić information content (AvgIpc) is 3.58. The van der Waals surface area contributed by atoms with Crippen LogP contribution in [-0.4, -0.2) is 62.6 Å². The summed E-state index contributed by atoms with van der Waals surface area (Å²) in [4.78, 5) is 7.61. The van der Waals surface area contributed by atoms with Gasteiger partial charge in [-0.1, -0.05) is 90.1 Å². The third-order valence-electron chi connectivity index (χ3n) is 8.64. The minimum absolute atomic E-state index is 0.0738. The van der Waals surface area contributed by atoms with Gasteiger partial charge in [0.05, 0.1) is 24.2 Å². The zero-order valence-electron chi connectivity index (χ0n) is 25.3. The average molecular weight is 608 g/mol. The quantitative estimate of drug-likeness (QED) is 0.245. The Morgan fingerprint density at radius 3 is 2.16 bits per heavy atom. The molecule has 2 fully saturated rings. The fourth-order valence-corrected chi connectivity index (χ4v) is 10.7. The zero-order valence-corrected chi connectivity index (χ0v) is 26.2. The Labute approximate surface area is 251 Å². The lowest BCUT2D eigenvalue weighted by Crippen LogP contribution is -2.57. The lowest BCUT2D eigenvalue weighted by atomic mass is 10.0. The Bertz CT molecular complexity index is 1690. The number of nitrogens with two attached hydrogens (primary N) is 1. The van der Waals surface area contributed by atoms with Crippen LogP contribution in [0.25, 0.3) is 33.4 Å². The monoisotopic (exact) mass is 607 g/mol. The van der Waals surface area contributed by atoms with E-state index >= 15 is 4.39 Å². The Balaban J connectivity index is 1.23. The molecular weight excluding hydrogens is 568 g/mol. The number of nitrogens with zero attached hydrogens (tertiary/aromatic N) is 1. The number of halogens is 1. The molecule has 2 aromatic heterocycles. The van der Waals surface area contributed by atoms with Crippen molar-refractivity contribution >= 4 is 23.5 Å². The first-order valence-corrected chi connectivity index (χ1v) is 16.2. The van der Waals surface area contributed by atoms with Crippen molar-refractivity contribution in [1.82, 2.24) is 9.97 Å². The predicted octanol–water partition coefficient (Wildman–Crippen LogP) is 5.81. The van der Waals surface area contributed by atoms with E-state index in [0.717, 1.165) is 16.4 Å². The van der Waals surface area contributed by atoms with Crippen molar-refractivity contribution in [2.75, 3.05) is 13.2 Å². The second kappa shape index (κ2) is 10.2. The van der Waals surface area contributed by atoms with Crippen LogP contribution in [0.5, 0.6) is 5.88 Å². The summed E-state index contributed by atoms with van der Waals surface area (Å²) in [5.41, 5.74) is 8.89. The third kappa shape index (κ3) is 4.92. The molecule has 0 unspecified atom stereocenters. The van der Waals surface area contributed by atoms with Crippen LogP contribution in [0, 0.1) is 5.82 Å². The summed E-state index contributed by atoms with van der Waals surface area (Å²) in [6.45, 7) is 12.5. The van der Waals surface area contributed by atoms with Gasteiger partial charge in [0.2, 0.25) is 0 Å². The van der Waals surface area contributed by atoms with E-state index in [4.69, 9.17) is 19.9 Å². The van der Waals surface area contributed by atoms with Crippen LogP contribution in [0.4, 0.5) is 4.39 Å². The van der Waals surface area contributed by atoms with Crippen molar-refractivity contribution in [3.63, 3.8) is 0 Å². The number of pyridine rings is 1. The topological polar surface area (TPSA) is 120 Å². The number of aliphatic hydroxyl groups is 1. The van der Waals surface area contributed by atoms with Gasteiger partial charge in [-0.3, -0.25) is 5.73 Å². The van der Waals surface area contributed by atoms with E-state index in [-0.39, 0.29) is 29.2 Å². The molecule has 4 atom stereocenters. The molecule has 10 heteroatoms. The van der Waals surface area contributed by atoms with Gasteiger partial charge in [-0.25, -0.2) is 9.37 Å². The van der Waals surface area contributed by atoms with E-state index < -0.39 is 37.0 Å². The van der Waals surface area contributed by atoms with Crippen LogP contribution in [0.1, 0.15) is 41.5 Å². The molecule has 8 nitrogen and oxygen atoms in total. The molecule has 0 spiro atoms. The standard InChI is InChI=1S/C33H39FN3O5P/c1-31(2,3)43(39,32(4,5)6)22-13-11-20(12-14-22)19-7-9-21(10-8-19)29-23(34)15-24-25(37-29)16-28(36-24)42-27-18-40-30-26(38)17-41-33(27,30)35/h7-16,26-27,30,36,38H,17-18,35H2,1-6H3/t26-,27-,30-,33-/m1/s1. The van der Waals surface area contributed by atoms with Crippen LogP contribution in [0.3, 0.4) is 0 Å². The van der Waals surface area contributed by atoms with Crippen LogP contribution in [0.15, 0.2) is 60.7 Å². The molecule has 4 N–H and O–H groups in total. The molecule has 0 saturated carbocycles. The number of ether oxygens (including phenoxy) is 3. The number of benzene rings is 2. The number of hydrogen-bond donors (Lipinski definition) is 3. The maximum atomic E-state index is 15.2. The lowest BCUT2D eigenvalue weighted by Gasteiger charge is -2.41. The normalized spacial score (nSPS) is 24.4. The number of fused-ring (bicyclic) bond motifs is 2. The van der Waals surface area contributed by atoms with Crippen molar-refractivity contribution in [2.24, 2.45) is 5.73 Å². The highest BCUT2D eigenvalue weighted by Gasteiger charge is 2.59. The Morgan fingerprint density at radius 1 is 0.977 bits per heavy atom. The summed E-state index contributed by atoms with van der Waals surface area (Å²) in [7, 11) is -2.73. The van der Waals surface area contributed by atoms with Crippen molar-refractivity contribution in [2.45, 2.75) is 75.9 Å². The van der Waals surface area contributed by atoms with Crippen molar-refractivity contribution in [3.05, 3.63) is 66.5 Å². The van der Waals surface area contributed by atoms with Gasteiger partial charge in [0.15, 0.2) is 23.5 Å². The molecule has 4 heterocycles. The predicted molar refractivity (Wildman–Crippen MR) is 167 cm³/mol. The van der Waals surface area contributed by atoms with E-state index in [1.54, 1.807) is 6.07 Å². The summed E-state index contributed by atoms with van der Waals surface area (Å²) in [5, 5.41) is 10.2. The van der Waals surface area contributed by atoms with E-state index in [0.29, 0.717) is 22.5 Å². The lowest BCUT2D eigenvalue weighted by molar-refractivity contribution is -0.0637. The molecule has 0 radical (unpaired) electrons. The summed E-state index contributed by atoms with van der Waals surface area (Å²) < 4.78 is 46.8. The van der Waals surface area contributed by atoms with Crippen LogP contribution < -0.4 is 15.8 Å². The van der Waals surface area contributed by atoms with E-state index in [9.17, 15) is 9.67 Å².